The number of nitrogens with one attached hydrogen (secondary N) is 1. The first-order valence-corrected chi connectivity index (χ1v) is 11.5. The number of aromatic nitrogens is 1. The van der Waals surface area contributed by atoms with Crippen LogP contribution in [0.15, 0.2) is 29.9 Å². The van der Waals surface area contributed by atoms with Crippen molar-refractivity contribution in [2.24, 2.45) is 5.92 Å². The zero-order valence-electron chi connectivity index (χ0n) is 17.4. The number of benzene rings is 1. The molecule has 2 aliphatic heterocycles. The number of carbonyl (C=O) groups excluding carboxylic acids is 2. The van der Waals surface area contributed by atoms with Crippen LogP contribution in [-0.4, -0.2) is 47.5 Å². The third kappa shape index (κ3) is 3.64. The van der Waals surface area contributed by atoms with Crippen molar-refractivity contribution in [3.63, 3.8) is 0 Å². The van der Waals surface area contributed by atoms with Gasteiger partial charge in [0.1, 0.15) is 0 Å². The van der Waals surface area contributed by atoms with E-state index in [1.165, 1.54) is 10.4 Å². The van der Waals surface area contributed by atoms with Gasteiger partial charge in [-0.2, -0.15) is 0 Å². The number of fused-ring (bicyclic) bond motifs is 1. The summed E-state index contributed by atoms with van der Waals surface area (Å²) in [4.78, 5) is 34.5. The lowest BCUT2D eigenvalue weighted by atomic mass is 9.96. The molecule has 1 saturated heterocycles. The second-order valence-corrected chi connectivity index (χ2v) is 9.59. The molecule has 7 nitrogen and oxygen atoms in total. The molecule has 2 fully saturated rings. The van der Waals surface area contributed by atoms with E-state index in [4.69, 9.17) is 0 Å². The predicted octanol–water partition coefficient (Wildman–Crippen LogP) is 2.75. The van der Waals surface area contributed by atoms with Crippen molar-refractivity contribution >= 4 is 34.5 Å². The molecule has 1 aliphatic carbocycles. The number of carbonyl (C=O) groups is 2. The van der Waals surface area contributed by atoms with E-state index in [2.05, 4.69) is 27.6 Å². The average Bonchev–Trinajstić information content (AvgIpc) is 3.25. The lowest BCUT2D eigenvalue weighted by Crippen LogP contribution is -2.51. The van der Waals surface area contributed by atoms with E-state index in [1.807, 2.05) is 34.5 Å². The van der Waals surface area contributed by atoms with Gasteiger partial charge >= 0.3 is 0 Å². The largest absolute Gasteiger partial charge is 0.308 e. The summed E-state index contributed by atoms with van der Waals surface area (Å²) in [5.74, 6) is 0.722. The van der Waals surface area contributed by atoms with Gasteiger partial charge in [-0.05, 0) is 37.5 Å². The summed E-state index contributed by atoms with van der Waals surface area (Å²) in [5, 5.41) is 2.23. The van der Waals surface area contributed by atoms with E-state index < -0.39 is 0 Å². The summed E-state index contributed by atoms with van der Waals surface area (Å²) in [6.45, 7) is 6.79. The first kappa shape index (κ1) is 19.7. The highest BCUT2D eigenvalue weighted by Gasteiger charge is 2.40. The van der Waals surface area contributed by atoms with Gasteiger partial charge in [0.05, 0.1) is 22.9 Å². The van der Waals surface area contributed by atoms with Crippen molar-refractivity contribution in [2.75, 3.05) is 29.4 Å². The third-order valence-electron chi connectivity index (χ3n) is 6.27. The van der Waals surface area contributed by atoms with Crippen LogP contribution in [-0.2, 0) is 16.1 Å². The average molecular weight is 426 g/mol. The van der Waals surface area contributed by atoms with Crippen LogP contribution >= 0.6 is 11.3 Å². The fourth-order valence-electron chi connectivity index (χ4n) is 4.62. The summed E-state index contributed by atoms with van der Waals surface area (Å²) >= 11 is 1.67. The number of amides is 2. The summed E-state index contributed by atoms with van der Waals surface area (Å²) in [6.07, 6.45) is 3.87. The Labute approximate surface area is 180 Å². The molecule has 2 aromatic rings. The molecule has 3 heterocycles. The molecule has 8 heteroatoms. The molecular formula is C22H27N5O2S. The number of rotatable bonds is 4. The predicted molar refractivity (Wildman–Crippen MR) is 117 cm³/mol. The van der Waals surface area contributed by atoms with Gasteiger partial charge < -0.3 is 9.80 Å². The minimum Gasteiger partial charge on any atom is -0.308 e. The van der Waals surface area contributed by atoms with Gasteiger partial charge in [-0.1, -0.05) is 6.07 Å². The SMILES string of the molecule is CC(=O)N1c2ccc(C3CNN(Cc4cncs4)C3)cc2N(C(=O)C2CC2)C[C@@H]1C. The Morgan fingerprint density at radius 3 is 2.77 bits per heavy atom. The van der Waals surface area contributed by atoms with E-state index >= 15 is 0 Å². The number of nitrogens with zero attached hydrogens (tertiary/aromatic N) is 4. The molecule has 2 atom stereocenters. The van der Waals surface area contributed by atoms with Crippen molar-refractivity contribution in [1.82, 2.24) is 15.4 Å². The Morgan fingerprint density at radius 2 is 2.07 bits per heavy atom. The molecule has 1 unspecified atom stereocenters. The zero-order valence-corrected chi connectivity index (χ0v) is 18.2. The molecule has 1 saturated carbocycles. The summed E-state index contributed by atoms with van der Waals surface area (Å²) in [7, 11) is 0. The quantitative estimate of drug-likeness (QED) is 0.816. The number of anilines is 2. The molecule has 2 amide bonds. The van der Waals surface area contributed by atoms with Crippen molar-refractivity contribution in [3.8, 4) is 0 Å². The van der Waals surface area contributed by atoms with Gasteiger partial charge in [0.15, 0.2) is 0 Å². The van der Waals surface area contributed by atoms with Gasteiger partial charge in [-0.3, -0.25) is 20.0 Å². The van der Waals surface area contributed by atoms with Gasteiger partial charge in [-0.25, -0.2) is 5.01 Å². The Bertz CT molecular complexity index is 958. The lowest BCUT2D eigenvalue weighted by molar-refractivity contribution is -0.120. The zero-order chi connectivity index (χ0) is 20.8. The monoisotopic (exact) mass is 425 g/mol. The highest BCUT2D eigenvalue weighted by molar-refractivity contribution is 7.09. The Kier molecular flexibility index (Phi) is 5.08. The highest BCUT2D eigenvalue weighted by atomic mass is 32.1. The van der Waals surface area contributed by atoms with Crippen molar-refractivity contribution < 1.29 is 9.59 Å². The molecule has 30 heavy (non-hydrogen) atoms. The molecule has 158 valence electrons. The maximum absolute atomic E-state index is 13.0. The van der Waals surface area contributed by atoms with Gasteiger partial charge in [0.25, 0.3) is 0 Å². The van der Waals surface area contributed by atoms with Crippen LogP contribution in [0.1, 0.15) is 43.0 Å². The van der Waals surface area contributed by atoms with Crippen LogP contribution in [0, 0.1) is 5.92 Å². The third-order valence-corrected chi connectivity index (χ3v) is 7.04. The van der Waals surface area contributed by atoms with Crippen LogP contribution in [0.3, 0.4) is 0 Å². The minimum absolute atomic E-state index is 0.0216. The summed E-state index contributed by atoms with van der Waals surface area (Å²) < 4.78 is 0. The second-order valence-electron chi connectivity index (χ2n) is 8.62. The van der Waals surface area contributed by atoms with Crippen molar-refractivity contribution in [1.29, 1.82) is 0 Å². The minimum atomic E-state index is -0.0217. The maximum Gasteiger partial charge on any atom is 0.230 e. The highest BCUT2D eigenvalue weighted by Crippen LogP contribution is 2.41. The Balaban J connectivity index is 1.42. The fourth-order valence-corrected chi connectivity index (χ4v) is 5.23. The first-order chi connectivity index (χ1) is 14.5. The first-order valence-electron chi connectivity index (χ1n) is 10.6. The van der Waals surface area contributed by atoms with E-state index in [-0.39, 0.29) is 23.8 Å². The van der Waals surface area contributed by atoms with E-state index in [0.717, 1.165) is 43.9 Å². The maximum atomic E-state index is 13.0. The molecule has 3 aliphatic rings. The number of thiazole rings is 1. The van der Waals surface area contributed by atoms with E-state index in [1.54, 1.807) is 18.3 Å². The van der Waals surface area contributed by atoms with Crippen LogP contribution in [0.5, 0.6) is 0 Å². The molecule has 1 aromatic heterocycles. The topological polar surface area (TPSA) is 68.8 Å². The molecule has 0 radical (unpaired) electrons. The normalized spacial score (nSPS) is 24.2. The standard InChI is InChI=1S/C22H27N5O2S/c1-14-10-26(22(29)16-3-4-16)21-7-17(5-6-20(21)27(14)15(2)28)18-8-24-25(11-18)12-19-9-23-13-30-19/h5-7,9,13-14,16,18,24H,3-4,8,10-12H2,1-2H3/t14-,18?/m0/s1. The number of hydrogen-bond donors (Lipinski definition) is 1. The fraction of sp³-hybridized carbons (Fsp3) is 0.500. The van der Waals surface area contributed by atoms with E-state index in [0.29, 0.717) is 12.5 Å². The van der Waals surface area contributed by atoms with E-state index in [9.17, 15) is 9.59 Å². The second kappa shape index (κ2) is 7.76. The van der Waals surface area contributed by atoms with Gasteiger partial charge in [0, 0.05) is 56.0 Å². The molecule has 0 spiro atoms. The smallest absolute Gasteiger partial charge is 0.230 e. The van der Waals surface area contributed by atoms with Crippen molar-refractivity contribution in [2.45, 2.75) is 45.2 Å². The lowest BCUT2D eigenvalue weighted by Gasteiger charge is -2.41. The Morgan fingerprint density at radius 1 is 1.23 bits per heavy atom. The summed E-state index contributed by atoms with van der Waals surface area (Å²) in [5.41, 5.74) is 8.30. The van der Waals surface area contributed by atoms with Crippen LogP contribution in [0.2, 0.25) is 0 Å². The van der Waals surface area contributed by atoms with Crippen LogP contribution in [0.25, 0.3) is 0 Å². The summed E-state index contributed by atoms with van der Waals surface area (Å²) in [6, 6.07) is 6.27. The molecule has 5 rings (SSSR count). The molecule has 1 aromatic carbocycles. The van der Waals surface area contributed by atoms with Crippen LogP contribution in [0.4, 0.5) is 11.4 Å². The number of hydrazine groups is 1. The number of hydrogen-bond acceptors (Lipinski definition) is 6. The molecule has 1 N–H and O–H groups in total. The molecular weight excluding hydrogens is 398 g/mol. The van der Waals surface area contributed by atoms with Crippen molar-refractivity contribution in [3.05, 3.63) is 40.3 Å². The van der Waals surface area contributed by atoms with Gasteiger partial charge in [-0.15, -0.1) is 11.3 Å². The Hall–Kier alpha value is -2.29. The molecule has 0 bridgehead atoms. The van der Waals surface area contributed by atoms with Crippen LogP contribution < -0.4 is 15.2 Å². The van der Waals surface area contributed by atoms with Gasteiger partial charge in [0.2, 0.25) is 11.8 Å².